The number of hydrogen-bond donors (Lipinski definition) is 1. The molecule has 0 atom stereocenters. The smallest absolute Gasteiger partial charge is 0.291 e. The lowest BCUT2D eigenvalue weighted by molar-refractivity contribution is -0.384. The van der Waals surface area contributed by atoms with E-state index in [2.05, 4.69) is 5.32 Å². The predicted molar refractivity (Wildman–Crippen MR) is 121 cm³/mol. The largest absolute Gasteiger partial charge is 0.451 e. The minimum Gasteiger partial charge on any atom is -0.451 e. The highest BCUT2D eigenvalue weighted by Gasteiger charge is 2.14. The molecule has 4 aromatic rings. The third kappa shape index (κ3) is 4.94. The van der Waals surface area contributed by atoms with Crippen molar-refractivity contribution in [2.45, 2.75) is 0 Å². The maximum Gasteiger partial charge on any atom is 0.291 e. The molecule has 0 fully saturated rings. The van der Waals surface area contributed by atoms with Crippen molar-refractivity contribution in [2.75, 3.05) is 5.32 Å². The van der Waals surface area contributed by atoms with Gasteiger partial charge in [0, 0.05) is 23.4 Å². The Morgan fingerprint density at radius 2 is 1.55 bits per heavy atom. The highest BCUT2D eigenvalue weighted by Crippen LogP contribution is 2.26. The van der Waals surface area contributed by atoms with Crippen LogP contribution in [0.15, 0.2) is 95.4 Å². The molecule has 0 aliphatic rings. The van der Waals surface area contributed by atoms with E-state index in [0.29, 0.717) is 17.0 Å². The van der Waals surface area contributed by atoms with Crippen LogP contribution in [0.3, 0.4) is 0 Å². The highest BCUT2D eigenvalue weighted by atomic mass is 16.6. The molecule has 0 saturated heterocycles. The molecule has 152 valence electrons. The molecule has 6 nitrogen and oxygen atoms in total. The number of non-ortho nitro benzene ring substituents is 1. The van der Waals surface area contributed by atoms with Crippen LogP contribution in [-0.4, -0.2) is 10.8 Å². The van der Waals surface area contributed by atoms with E-state index in [1.807, 2.05) is 66.7 Å². The number of nitrogens with zero attached hydrogens (tertiary/aromatic N) is 1. The molecular formula is C25H18N2O4. The summed E-state index contributed by atoms with van der Waals surface area (Å²) in [5.41, 5.74) is 3.24. The maximum atomic E-state index is 12.5. The molecule has 0 saturated carbocycles. The molecule has 31 heavy (non-hydrogen) atoms. The molecule has 1 amide bonds. The summed E-state index contributed by atoms with van der Waals surface area (Å²) in [6.07, 6.45) is 4.02. The van der Waals surface area contributed by atoms with E-state index in [4.69, 9.17) is 4.42 Å². The van der Waals surface area contributed by atoms with Crippen LogP contribution in [0.4, 0.5) is 11.4 Å². The zero-order valence-electron chi connectivity index (χ0n) is 16.4. The second-order valence-corrected chi connectivity index (χ2v) is 6.79. The first-order valence-corrected chi connectivity index (χ1v) is 9.58. The molecule has 1 heterocycles. The molecule has 0 aliphatic heterocycles. The zero-order valence-corrected chi connectivity index (χ0v) is 16.4. The zero-order chi connectivity index (χ0) is 21.6. The Morgan fingerprint density at radius 3 is 2.26 bits per heavy atom. The molecule has 1 aromatic heterocycles. The Bertz CT molecular complexity index is 1240. The van der Waals surface area contributed by atoms with Gasteiger partial charge in [0.2, 0.25) is 0 Å². The lowest BCUT2D eigenvalue weighted by atomic mass is 10.1. The number of anilines is 1. The van der Waals surface area contributed by atoms with Gasteiger partial charge in [-0.1, -0.05) is 66.7 Å². The average Bonchev–Trinajstić information content (AvgIpc) is 3.30. The normalized spacial score (nSPS) is 10.8. The van der Waals surface area contributed by atoms with Crippen LogP contribution in [0.2, 0.25) is 0 Å². The number of rotatable bonds is 6. The Morgan fingerprint density at radius 1 is 0.839 bits per heavy atom. The topological polar surface area (TPSA) is 85.4 Å². The predicted octanol–water partition coefficient (Wildman–Crippen LogP) is 6.28. The van der Waals surface area contributed by atoms with Crippen molar-refractivity contribution in [3.05, 3.63) is 118 Å². The summed E-state index contributed by atoms with van der Waals surface area (Å²) in [7, 11) is 0. The van der Waals surface area contributed by atoms with Crippen molar-refractivity contribution < 1.29 is 14.1 Å². The van der Waals surface area contributed by atoms with Crippen molar-refractivity contribution in [3.63, 3.8) is 0 Å². The molecule has 4 rings (SSSR count). The van der Waals surface area contributed by atoms with Gasteiger partial charge in [-0.3, -0.25) is 14.9 Å². The van der Waals surface area contributed by atoms with Crippen LogP contribution in [-0.2, 0) is 0 Å². The fourth-order valence-electron chi connectivity index (χ4n) is 3.01. The number of hydrogen-bond acceptors (Lipinski definition) is 4. The summed E-state index contributed by atoms with van der Waals surface area (Å²) in [6.45, 7) is 0. The van der Waals surface area contributed by atoms with Gasteiger partial charge in [-0.05, 0) is 35.4 Å². The van der Waals surface area contributed by atoms with E-state index in [-0.39, 0.29) is 11.4 Å². The number of amides is 1. The van der Waals surface area contributed by atoms with Crippen molar-refractivity contribution in [2.24, 2.45) is 0 Å². The number of carbonyl (C=O) groups is 1. The fourth-order valence-corrected chi connectivity index (χ4v) is 3.01. The van der Waals surface area contributed by atoms with E-state index in [9.17, 15) is 14.9 Å². The van der Waals surface area contributed by atoms with Crippen LogP contribution in [0.5, 0.6) is 0 Å². The second kappa shape index (κ2) is 8.92. The van der Waals surface area contributed by atoms with Gasteiger partial charge in [-0.15, -0.1) is 0 Å². The van der Waals surface area contributed by atoms with Crippen molar-refractivity contribution in [1.29, 1.82) is 0 Å². The van der Waals surface area contributed by atoms with Crippen LogP contribution >= 0.6 is 0 Å². The van der Waals surface area contributed by atoms with Gasteiger partial charge in [0.1, 0.15) is 5.76 Å². The third-order valence-corrected chi connectivity index (χ3v) is 4.61. The van der Waals surface area contributed by atoms with E-state index in [1.165, 1.54) is 12.1 Å². The number of carbonyl (C=O) groups excluding carboxylic acids is 1. The molecule has 1 N–H and O–H groups in total. The summed E-state index contributed by atoms with van der Waals surface area (Å²) in [6, 6.07) is 26.7. The summed E-state index contributed by atoms with van der Waals surface area (Å²) in [4.78, 5) is 23.0. The first kappa shape index (κ1) is 19.8. The van der Waals surface area contributed by atoms with E-state index in [1.54, 1.807) is 24.3 Å². The standard InChI is InChI=1S/C25H18N2O4/c28-25(24-16-15-23(31-24)20-7-4-8-22(17-20)27(29)30)26-21-13-11-19(12-14-21)10-9-18-5-2-1-3-6-18/h1-17H,(H,26,28)/b10-9+. The van der Waals surface area contributed by atoms with Crippen LogP contribution < -0.4 is 5.32 Å². The van der Waals surface area contributed by atoms with Gasteiger partial charge in [0.25, 0.3) is 11.6 Å². The Balaban J connectivity index is 1.42. The van der Waals surface area contributed by atoms with E-state index in [0.717, 1.165) is 11.1 Å². The number of nitrogens with one attached hydrogen (secondary N) is 1. The van der Waals surface area contributed by atoms with Crippen molar-refractivity contribution in [3.8, 4) is 11.3 Å². The summed E-state index contributed by atoms with van der Waals surface area (Å²) in [5, 5.41) is 13.7. The van der Waals surface area contributed by atoms with Crippen molar-refractivity contribution >= 4 is 29.4 Å². The first-order chi connectivity index (χ1) is 15.1. The molecule has 0 spiro atoms. The van der Waals surface area contributed by atoms with Crippen LogP contribution in [0, 0.1) is 10.1 Å². The van der Waals surface area contributed by atoms with Gasteiger partial charge in [-0.2, -0.15) is 0 Å². The van der Waals surface area contributed by atoms with Crippen molar-refractivity contribution in [1.82, 2.24) is 0 Å². The molecule has 0 radical (unpaired) electrons. The van der Waals surface area contributed by atoms with Gasteiger partial charge >= 0.3 is 0 Å². The molecule has 0 aliphatic carbocycles. The second-order valence-electron chi connectivity index (χ2n) is 6.79. The van der Waals surface area contributed by atoms with Gasteiger partial charge in [0.15, 0.2) is 5.76 Å². The number of benzene rings is 3. The third-order valence-electron chi connectivity index (χ3n) is 4.61. The van der Waals surface area contributed by atoms with Gasteiger partial charge < -0.3 is 9.73 Å². The Labute approximate surface area is 178 Å². The Hall–Kier alpha value is -4.45. The molecular weight excluding hydrogens is 392 g/mol. The van der Waals surface area contributed by atoms with Gasteiger partial charge in [-0.25, -0.2) is 0 Å². The molecule has 0 bridgehead atoms. The van der Waals surface area contributed by atoms with Crippen LogP contribution in [0.1, 0.15) is 21.7 Å². The maximum absolute atomic E-state index is 12.5. The molecule has 6 heteroatoms. The van der Waals surface area contributed by atoms with E-state index >= 15 is 0 Å². The molecule has 0 unspecified atom stereocenters. The summed E-state index contributed by atoms with van der Waals surface area (Å²) in [5.74, 6) is 0.106. The van der Waals surface area contributed by atoms with E-state index < -0.39 is 10.8 Å². The minimum atomic E-state index is -0.473. The molecule has 3 aromatic carbocycles. The highest BCUT2D eigenvalue weighted by molar-refractivity contribution is 6.02. The van der Waals surface area contributed by atoms with Gasteiger partial charge in [0.05, 0.1) is 4.92 Å². The number of furan rings is 1. The lowest BCUT2D eigenvalue weighted by Gasteiger charge is -2.04. The van der Waals surface area contributed by atoms with Crippen LogP contribution in [0.25, 0.3) is 23.5 Å². The fraction of sp³-hybridized carbons (Fsp3) is 0. The quantitative estimate of drug-likeness (QED) is 0.230. The first-order valence-electron chi connectivity index (χ1n) is 9.58. The minimum absolute atomic E-state index is 0.0405. The SMILES string of the molecule is O=C(Nc1ccc(/C=C/c2ccccc2)cc1)c1ccc(-c2cccc([N+](=O)[O-])c2)o1. The monoisotopic (exact) mass is 410 g/mol. The summed E-state index contributed by atoms with van der Waals surface area (Å²) >= 11 is 0. The number of nitro groups is 1. The summed E-state index contributed by atoms with van der Waals surface area (Å²) < 4.78 is 5.60. The number of nitro benzene ring substituents is 1. The lowest BCUT2D eigenvalue weighted by Crippen LogP contribution is -2.10. The Kier molecular flexibility index (Phi) is 5.71. The average molecular weight is 410 g/mol.